The molecule has 0 aliphatic carbocycles. The molecule has 0 amide bonds. The molecular formula is Ba2La2Mn2O7. The SMILES string of the molecule is [Ba+2].[Ba+2].[La+3].[La+3].[Mn+2].[Mn+2].[O-2].[O-2].[O-2].[O-2].[O-2].[O-2].[O-2]. The maximum Gasteiger partial charge on any atom is 3.00 e. The summed E-state index contributed by atoms with van der Waals surface area (Å²) in [4.78, 5) is 0. The molecule has 0 aromatic rings. The van der Waals surface area contributed by atoms with E-state index in [4.69, 9.17) is 0 Å². The molecule has 0 spiro atoms. The molecule has 0 saturated carbocycles. The molecule has 0 atom stereocenters. The second-order valence-electron chi connectivity index (χ2n) is 0. The van der Waals surface area contributed by atoms with E-state index in [9.17, 15) is 0 Å². The molecular weight excluding hydrogens is 774 g/mol. The summed E-state index contributed by atoms with van der Waals surface area (Å²) in [5.74, 6) is 0. The van der Waals surface area contributed by atoms with E-state index < -0.39 is 0 Å². The number of hydrogen-bond donors (Lipinski definition) is 0. The number of hydrogen-bond acceptors (Lipinski definition) is 0. The van der Waals surface area contributed by atoms with Gasteiger partial charge in [-0.15, -0.1) is 0 Å². The molecule has 66 valence electrons. The Bertz CT molecular complexity index is 22.5. The van der Waals surface area contributed by atoms with Gasteiger partial charge in [0.05, 0.1) is 0 Å². The molecule has 7 nitrogen and oxygen atoms in total. The van der Waals surface area contributed by atoms with Crippen LogP contribution in [0, 0.1) is 71.2 Å². The maximum atomic E-state index is 0. The molecule has 13 heteroatoms. The van der Waals surface area contributed by atoms with Crippen molar-refractivity contribution in [3.63, 3.8) is 0 Å². The molecule has 0 aliphatic rings. The van der Waals surface area contributed by atoms with Crippen LogP contribution in [0.3, 0.4) is 0 Å². The second kappa shape index (κ2) is 138. The van der Waals surface area contributed by atoms with Gasteiger partial charge in [0.25, 0.3) is 0 Å². The van der Waals surface area contributed by atoms with Crippen molar-refractivity contribution >= 4 is 97.8 Å². The van der Waals surface area contributed by atoms with Crippen LogP contribution in [0.2, 0.25) is 0 Å². The molecule has 0 unspecified atom stereocenters. The van der Waals surface area contributed by atoms with Gasteiger partial charge in [-0.25, -0.2) is 0 Å². The Hall–Kier alpha value is 6.29. The third-order valence-electron chi connectivity index (χ3n) is 0. The Morgan fingerprint density at radius 2 is 0.308 bits per heavy atom. The van der Waals surface area contributed by atoms with Gasteiger partial charge in [-0.2, -0.15) is 0 Å². The van der Waals surface area contributed by atoms with Gasteiger partial charge in [-0.1, -0.05) is 0 Å². The number of rotatable bonds is 0. The Morgan fingerprint density at radius 3 is 0.308 bits per heavy atom. The summed E-state index contributed by atoms with van der Waals surface area (Å²) in [6, 6.07) is 0. The molecule has 13 heavy (non-hydrogen) atoms. The van der Waals surface area contributed by atoms with Crippen molar-refractivity contribution in [2.75, 3.05) is 0 Å². The van der Waals surface area contributed by atoms with Crippen LogP contribution in [0.15, 0.2) is 0 Å². The van der Waals surface area contributed by atoms with Crippen molar-refractivity contribution in [2.45, 2.75) is 0 Å². The minimum Gasteiger partial charge on any atom is -2.00 e. The monoisotopic (exact) mass is 775 g/mol. The van der Waals surface area contributed by atoms with Crippen LogP contribution in [0.25, 0.3) is 0 Å². The van der Waals surface area contributed by atoms with Crippen LogP contribution in [0.5, 0.6) is 0 Å². The first kappa shape index (κ1) is 163. The molecule has 0 aromatic heterocycles. The van der Waals surface area contributed by atoms with E-state index in [1.807, 2.05) is 0 Å². The minimum atomic E-state index is 0. The van der Waals surface area contributed by atoms with Crippen molar-refractivity contribution in [3.8, 4) is 0 Å². The van der Waals surface area contributed by atoms with Crippen molar-refractivity contribution in [1.82, 2.24) is 0 Å². The maximum absolute atomic E-state index is 0. The van der Waals surface area contributed by atoms with Gasteiger partial charge >= 0.3 is 203 Å². The smallest absolute Gasteiger partial charge is 2.00 e. The first-order valence-corrected chi connectivity index (χ1v) is 0. The first-order valence-electron chi connectivity index (χ1n) is 0. The molecule has 0 aliphatic heterocycles. The third-order valence-corrected chi connectivity index (χ3v) is 0. The summed E-state index contributed by atoms with van der Waals surface area (Å²) in [5.41, 5.74) is 0. The molecule has 0 aromatic carbocycles. The van der Waals surface area contributed by atoms with E-state index in [-0.39, 0.29) is 241 Å². The van der Waals surface area contributed by atoms with Crippen LogP contribution in [-0.4, -0.2) is 97.8 Å². The Balaban J connectivity index is 0. The first-order chi connectivity index (χ1) is 0. The van der Waals surface area contributed by atoms with Crippen molar-refractivity contribution in [3.05, 3.63) is 0 Å². The summed E-state index contributed by atoms with van der Waals surface area (Å²) < 4.78 is 0. The third kappa shape index (κ3) is 123. The van der Waals surface area contributed by atoms with Gasteiger partial charge in [0.1, 0.15) is 0 Å². The van der Waals surface area contributed by atoms with Gasteiger partial charge in [-0.3, -0.25) is 0 Å². The van der Waals surface area contributed by atoms with E-state index in [1.165, 1.54) is 0 Å². The zero-order valence-electron chi connectivity index (χ0n) is 6.18. The van der Waals surface area contributed by atoms with E-state index in [1.54, 1.807) is 0 Å². The Morgan fingerprint density at radius 1 is 0.308 bits per heavy atom. The topological polar surface area (TPSA) is 200 Å². The van der Waals surface area contributed by atoms with Crippen LogP contribution >= 0.6 is 0 Å². The summed E-state index contributed by atoms with van der Waals surface area (Å²) in [5, 5.41) is 0. The fourth-order valence-electron chi connectivity index (χ4n) is 0. The van der Waals surface area contributed by atoms with Crippen LogP contribution in [-0.2, 0) is 72.5 Å². The van der Waals surface area contributed by atoms with E-state index in [2.05, 4.69) is 0 Å². The van der Waals surface area contributed by atoms with Crippen molar-refractivity contribution in [1.29, 1.82) is 0 Å². The van der Waals surface area contributed by atoms with Gasteiger partial charge in [0.15, 0.2) is 0 Å². The largest absolute Gasteiger partial charge is 3.00 e. The molecule has 2 radical (unpaired) electrons. The van der Waals surface area contributed by atoms with Gasteiger partial charge in [0, 0.05) is 0 Å². The second-order valence-corrected chi connectivity index (χ2v) is 0. The van der Waals surface area contributed by atoms with Gasteiger partial charge in [0.2, 0.25) is 0 Å². The predicted octanol–water partition coefficient (Wildman–Crippen LogP) is -1.60. The molecule has 0 bridgehead atoms. The molecule has 0 N–H and O–H groups in total. The fourth-order valence-corrected chi connectivity index (χ4v) is 0. The van der Waals surface area contributed by atoms with E-state index in [0.29, 0.717) is 0 Å². The van der Waals surface area contributed by atoms with E-state index in [0.717, 1.165) is 0 Å². The zero-order chi connectivity index (χ0) is 0. The Labute approximate surface area is 234 Å². The van der Waals surface area contributed by atoms with Crippen LogP contribution in [0.1, 0.15) is 0 Å². The zero-order valence-corrected chi connectivity index (χ0v) is 24.7. The summed E-state index contributed by atoms with van der Waals surface area (Å²) in [7, 11) is 0. The molecule has 0 rings (SSSR count). The normalized spacial score (nSPS) is 0. The van der Waals surface area contributed by atoms with Crippen LogP contribution < -0.4 is 0 Å². The summed E-state index contributed by atoms with van der Waals surface area (Å²) >= 11 is 0. The summed E-state index contributed by atoms with van der Waals surface area (Å²) in [6.45, 7) is 0. The van der Waals surface area contributed by atoms with E-state index >= 15 is 0 Å². The standard InChI is InChI=1S/2Ba.2La.2Mn.7O/q2*+2;2*+3;2*+2;7*-2. The predicted molar refractivity (Wildman–Crippen MR) is 16.3 cm³/mol. The van der Waals surface area contributed by atoms with Gasteiger partial charge in [-0.05, 0) is 0 Å². The quantitative estimate of drug-likeness (QED) is 0.256. The molecule has 0 heterocycles. The van der Waals surface area contributed by atoms with Crippen molar-refractivity contribution < 1.29 is 144 Å². The minimum absolute atomic E-state index is 0. The average molecular weight is 774 g/mol. The Kier molecular flexibility index (Phi) is 1730. The fraction of sp³-hybridized carbons (Fsp3) is 0. The average Bonchev–Trinajstić information content (AvgIpc) is 0. The van der Waals surface area contributed by atoms with Crippen molar-refractivity contribution in [2.24, 2.45) is 0 Å². The molecule has 0 fully saturated rings. The van der Waals surface area contributed by atoms with Crippen LogP contribution in [0.4, 0.5) is 0 Å². The van der Waals surface area contributed by atoms with Gasteiger partial charge < -0.3 is 38.3 Å². The molecule has 0 saturated heterocycles. The summed E-state index contributed by atoms with van der Waals surface area (Å²) in [6.07, 6.45) is 0.